The number of hydrogen-bond donors (Lipinski definition) is 1. The minimum atomic E-state index is 0.296. The highest BCUT2D eigenvalue weighted by Crippen LogP contribution is 2.31. The van der Waals surface area contributed by atoms with Crippen LogP contribution in [0.4, 0.5) is 0 Å². The SMILES string of the molecule is CC(C)n1cc(CC2(C(C)C)CCCN2)cn1. The van der Waals surface area contributed by atoms with E-state index in [9.17, 15) is 0 Å². The van der Waals surface area contributed by atoms with E-state index in [1.807, 2.05) is 6.20 Å². The Morgan fingerprint density at radius 2 is 2.18 bits per heavy atom. The van der Waals surface area contributed by atoms with Crippen molar-refractivity contribution >= 4 is 0 Å². The van der Waals surface area contributed by atoms with Gasteiger partial charge in [-0.15, -0.1) is 0 Å². The van der Waals surface area contributed by atoms with Crippen molar-refractivity contribution in [2.45, 2.75) is 58.5 Å². The van der Waals surface area contributed by atoms with Crippen LogP contribution >= 0.6 is 0 Å². The van der Waals surface area contributed by atoms with E-state index in [0.717, 1.165) is 13.0 Å². The molecule has 1 saturated heterocycles. The van der Waals surface area contributed by atoms with Gasteiger partial charge in [0.1, 0.15) is 0 Å². The van der Waals surface area contributed by atoms with Gasteiger partial charge in [-0.3, -0.25) is 4.68 Å². The lowest BCUT2D eigenvalue weighted by Crippen LogP contribution is -2.46. The summed E-state index contributed by atoms with van der Waals surface area (Å²) >= 11 is 0. The van der Waals surface area contributed by atoms with Gasteiger partial charge in [0.25, 0.3) is 0 Å². The van der Waals surface area contributed by atoms with E-state index in [-0.39, 0.29) is 0 Å². The molecule has 0 bridgehead atoms. The molecule has 17 heavy (non-hydrogen) atoms. The van der Waals surface area contributed by atoms with Crippen molar-refractivity contribution in [2.24, 2.45) is 5.92 Å². The molecule has 1 atom stereocenters. The summed E-state index contributed by atoms with van der Waals surface area (Å²) in [6.45, 7) is 10.2. The van der Waals surface area contributed by atoms with Gasteiger partial charge in [0.05, 0.1) is 6.20 Å². The van der Waals surface area contributed by atoms with Gasteiger partial charge in [-0.05, 0) is 51.1 Å². The first kappa shape index (κ1) is 12.6. The van der Waals surface area contributed by atoms with Crippen molar-refractivity contribution in [3.05, 3.63) is 18.0 Å². The van der Waals surface area contributed by atoms with Crippen molar-refractivity contribution < 1.29 is 0 Å². The summed E-state index contributed by atoms with van der Waals surface area (Å²) in [4.78, 5) is 0. The van der Waals surface area contributed by atoms with Crippen molar-refractivity contribution in [2.75, 3.05) is 6.54 Å². The van der Waals surface area contributed by atoms with E-state index in [0.29, 0.717) is 17.5 Å². The fourth-order valence-corrected chi connectivity index (χ4v) is 2.79. The first-order valence-electron chi connectivity index (χ1n) is 6.81. The monoisotopic (exact) mass is 235 g/mol. The van der Waals surface area contributed by atoms with Gasteiger partial charge in [0.2, 0.25) is 0 Å². The first-order chi connectivity index (χ1) is 8.03. The maximum atomic E-state index is 4.44. The van der Waals surface area contributed by atoms with Crippen LogP contribution in [0.3, 0.4) is 0 Å². The molecular weight excluding hydrogens is 210 g/mol. The topological polar surface area (TPSA) is 29.9 Å². The van der Waals surface area contributed by atoms with Crippen LogP contribution in [0.2, 0.25) is 0 Å². The second-order valence-electron chi connectivity index (χ2n) is 5.94. The van der Waals surface area contributed by atoms with Crippen molar-refractivity contribution in [1.29, 1.82) is 0 Å². The van der Waals surface area contributed by atoms with E-state index in [4.69, 9.17) is 0 Å². The zero-order chi connectivity index (χ0) is 12.5. The lowest BCUT2D eigenvalue weighted by atomic mass is 9.80. The zero-order valence-electron chi connectivity index (χ0n) is 11.5. The van der Waals surface area contributed by atoms with Crippen LogP contribution in [-0.4, -0.2) is 21.9 Å². The largest absolute Gasteiger partial charge is 0.311 e. The average Bonchev–Trinajstić information content (AvgIpc) is 2.88. The van der Waals surface area contributed by atoms with Crippen molar-refractivity contribution in [3.8, 4) is 0 Å². The molecule has 1 aliphatic rings. The second kappa shape index (κ2) is 4.81. The second-order valence-corrected chi connectivity index (χ2v) is 5.94. The number of nitrogens with zero attached hydrogens (tertiary/aromatic N) is 2. The Labute approximate surface area is 105 Å². The standard InChI is InChI=1S/C14H25N3/c1-11(2)14(6-5-7-15-14)8-13-9-16-17(10-13)12(3)4/h9-12,15H,5-8H2,1-4H3. The molecule has 96 valence electrons. The smallest absolute Gasteiger partial charge is 0.0522 e. The normalized spacial score (nSPS) is 25.1. The van der Waals surface area contributed by atoms with Gasteiger partial charge in [0, 0.05) is 17.8 Å². The molecule has 3 nitrogen and oxygen atoms in total. The molecule has 1 fully saturated rings. The summed E-state index contributed by atoms with van der Waals surface area (Å²) in [7, 11) is 0. The van der Waals surface area contributed by atoms with Gasteiger partial charge >= 0.3 is 0 Å². The highest BCUT2D eigenvalue weighted by atomic mass is 15.3. The van der Waals surface area contributed by atoms with Gasteiger partial charge in [-0.2, -0.15) is 5.10 Å². The molecule has 2 heterocycles. The molecule has 1 aliphatic heterocycles. The fourth-order valence-electron chi connectivity index (χ4n) is 2.79. The third-order valence-corrected chi connectivity index (χ3v) is 4.09. The third-order valence-electron chi connectivity index (χ3n) is 4.09. The van der Waals surface area contributed by atoms with Crippen LogP contribution in [0.15, 0.2) is 12.4 Å². The van der Waals surface area contributed by atoms with Crippen molar-refractivity contribution in [3.63, 3.8) is 0 Å². The summed E-state index contributed by atoms with van der Waals surface area (Å²) in [6.07, 6.45) is 7.93. The number of rotatable bonds is 4. The van der Waals surface area contributed by atoms with Crippen LogP contribution in [-0.2, 0) is 6.42 Å². The van der Waals surface area contributed by atoms with E-state index >= 15 is 0 Å². The molecule has 0 saturated carbocycles. The summed E-state index contributed by atoms with van der Waals surface area (Å²) in [5.74, 6) is 0.674. The average molecular weight is 235 g/mol. The molecule has 1 N–H and O–H groups in total. The molecule has 1 aromatic heterocycles. The summed E-state index contributed by atoms with van der Waals surface area (Å²) in [5, 5.41) is 8.16. The molecule has 0 spiro atoms. The minimum absolute atomic E-state index is 0.296. The van der Waals surface area contributed by atoms with Crippen molar-refractivity contribution in [1.82, 2.24) is 15.1 Å². The van der Waals surface area contributed by atoms with Crippen LogP contribution in [0.5, 0.6) is 0 Å². The molecule has 0 amide bonds. The summed E-state index contributed by atoms with van der Waals surface area (Å²) in [6, 6.07) is 0.454. The maximum absolute atomic E-state index is 4.44. The number of hydrogen-bond acceptors (Lipinski definition) is 2. The van der Waals surface area contributed by atoms with E-state index < -0.39 is 0 Å². The molecule has 0 radical (unpaired) electrons. The van der Waals surface area contributed by atoms with Gasteiger partial charge in [0.15, 0.2) is 0 Å². The Balaban J connectivity index is 2.12. The minimum Gasteiger partial charge on any atom is -0.311 e. The Morgan fingerprint density at radius 3 is 2.65 bits per heavy atom. The predicted octanol–water partition coefficient (Wildman–Crippen LogP) is 2.78. The van der Waals surface area contributed by atoms with Gasteiger partial charge in [-0.1, -0.05) is 13.8 Å². The molecule has 0 aromatic carbocycles. The Hall–Kier alpha value is -0.830. The van der Waals surface area contributed by atoms with Crippen LogP contribution in [0.25, 0.3) is 0 Å². The highest BCUT2D eigenvalue weighted by molar-refractivity contribution is 5.13. The fraction of sp³-hybridized carbons (Fsp3) is 0.786. The van der Waals surface area contributed by atoms with E-state index in [2.05, 4.69) is 49.0 Å². The number of nitrogens with one attached hydrogen (secondary N) is 1. The van der Waals surface area contributed by atoms with Crippen LogP contribution in [0.1, 0.15) is 52.1 Å². The van der Waals surface area contributed by atoms with E-state index in [1.54, 1.807) is 0 Å². The Kier molecular flexibility index (Phi) is 3.57. The first-order valence-corrected chi connectivity index (χ1v) is 6.81. The molecule has 1 unspecified atom stereocenters. The third kappa shape index (κ3) is 2.54. The molecular formula is C14H25N3. The van der Waals surface area contributed by atoms with Gasteiger partial charge < -0.3 is 5.32 Å². The molecule has 1 aromatic rings. The van der Waals surface area contributed by atoms with Crippen LogP contribution < -0.4 is 5.32 Å². The highest BCUT2D eigenvalue weighted by Gasteiger charge is 2.36. The molecule has 0 aliphatic carbocycles. The predicted molar refractivity (Wildman–Crippen MR) is 71.1 cm³/mol. The molecule has 2 rings (SSSR count). The van der Waals surface area contributed by atoms with Gasteiger partial charge in [-0.25, -0.2) is 0 Å². The molecule has 3 heteroatoms. The summed E-state index contributed by atoms with van der Waals surface area (Å²) in [5.41, 5.74) is 1.66. The lowest BCUT2D eigenvalue weighted by Gasteiger charge is -2.33. The van der Waals surface area contributed by atoms with Crippen LogP contribution in [0, 0.1) is 5.92 Å². The number of aromatic nitrogens is 2. The zero-order valence-corrected chi connectivity index (χ0v) is 11.5. The maximum Gasteiger partial charge on any atom is 0.0522 e. The quantitative estimate of drug-likeness (QED) is 0.869. The summed E-state index contributed by atoms with van der Waals surface area (Å²) < 4.78 is 2.05. The Bertz CT molecular complexity index is 359. The lowest BCUT2D eigenvalue weighted by molar-refractivity contribution is 0.269. The Morgan fingerprint density at radius 1 is 1.41 bits per heavy atom. The van der Waals surface area contributed by atoms with E-state index in [1.165, 1.54) is 18.4 Å².